The molecule has 0 aliphatic carbocycles. The van der Waals surface area contributed by atoms with Gasteiger partial charge in [0, 0.05) is 22.1 Å². The standard InChI is InChI=1S/C39H41F/c1-3-5-7-9-11-13-32-16-20-34(21-17-32)24-26-36-27-28-37-30-35(25-29-38(37)39(36)40)23-22-33-18-14-31(15-19-33)12-10-8-6-4-2/h14-21,25,27-30H,3-13H2,1-2H3. The molecule has 0 saturated heterocycles. The minimum atomic E-state index is -0.275. The lowest BCUT2D eigenvalue weighted by atomic mass is 10.0. The molecule has 0 saturated carbocycles. The van der Waals surface area contributed by atoms with Crippen molar-refractivity contribution in [1.29, 1.82) is 0 Å². The number of halogens is 1. The van der Waals surface area contributed by atoms with Crippen LogP contribution in [0.3, 0.4) is 0 Å². The van der Waals surface area contributed by atoms with Crippen molar-refractivity contribution in [2.24, 2.45) is 0 Å². The first-order chi connectivity index (χ1) is 19.7. The van der Waals surface area contributed by atoms with E-state index in [9.17, 15) is 0 Å². The van der Waals surface area contributed by atoms with Gasteiger partial charge < -0.3 is 0 Å². The Hall–Kier alpha value is -3.81. The van der Waals surface area contributed by atoms with Crippen LogP contribution in [-0.4, -0.2) is 0 Å². The van der Waals surface area contributed by atoms with Crippen LogP contribution >= 0.6 is 0 Å². The van der Waals surface area contributed by atoms with Crippen LogP contribution in [0.2, 0.25) is 0 Å². The lowest BCUT2D eigenvalue weighted by Gasteiger charge is -2.03. The van der Waals surface area contributed by atoms with Crippen LogP contribution in [0.15, 0.2) is 78.9 Å². The molecule has 204 valence electrons. The van der Waals surface area contributed by atoms with E-state index in [1.165, 1.54) is 68.9 Å². The molecule has 0 aromatic heterocycles. The molecule has 0 heterocycles. The molecule has 0 spiro atoms. The van der Waals surface area contributed by atoms with E-state index in [1.807, 2.05) is 36.4 Å². The number of unbranched alkanes of at least 4 members (excludes halogenated alkanes) is 7. The van der Waals surface area contributed by atoms with E-state index >= 15 is 4.39 Å². The van der Waals surface area contributed by atoms with Gasteiger partial charge in [0.2, 0.25) is 0 Å². The molecule has 0 aliphatic heterocycles. The van der Waals surface area contributed by atoms with Crippen LogP contribution in [0.25, 0.3) is 10.8 Å². The van der Waals surface area contributed by atoms with Crippen molar-refractivity contribution in [2.75, 3.05) is 0 Å². The number of rotatable bonds is 11. The summed E-state index contributed by atoms with van der Waals surface area (Å²) in [4.78, 5) is 0. The van der Waals surface area contributed by atoms with Crippen LogP contribution in [0, 0.1) is 29.5 Å². The van der Waals surface area contributed by atoms with Gasteiger partial charge in [-0.05, 0) is 84.7 Å². The second-order valence-corrected chi connectivity index (χ2v) is 10.7. The fourth-order valence-electron chi connectivity index (χ4n) is 4.95. The molecular weight excluding hydrogens is 487 g/mol. The van der Waals surface area contributed by atoms with Gasteiger partial charge in [-0.25, -0.2) is 4.39 Å². The third kappa shape index (κ3) is 8.86. The van der Waals surface area contributed by atoms with Gasteiger partial charge in [0.25, 0.3) is 0 Å². The lowest BCUT2D eigenvalue weighted by Crippen LogP contribution is -1.89. The number of hydrogen-bond donors (Lipinski definition) is 0. The van der Waals surface area contributed by atoms with Crippen molar-refractivity contribution in [1.82, 2.24) is 0 Å². The predicted molar refractivity (Wildman–Crippen MR) is 169 cm³/mol. The lowest BCUT2D eigenvalue weighted by molar-refractivity contribution is 0.632. The number of benzene rings is 4. The van der Waals surface area contributed by atoms with E-state index in [1.54, 1.807) is 6.07 Å². The number of hydrogen-bond acceptors (Lipinski definition) is 0. The molecule has 4 aromatic rings. The molecule has 4 aromatic carbocycles. The van der Waals surface area contributed by atoms with Crippen molar-refractivity contribution in [3.63, 3.8) is 0 Å². The van der Waals surface area contributed by atoms with E-state index in [0.29, 0.717) is 10.9 Å². The Balaban J connectivity index is 1.38. The average Bonchev–Trinajstić information content (AvgIpc) is 2.99. The fraction of sp³-hybridized carbons (Fsp3) is 0.333. The zero-order valence-electron chi connectivity index (χ0n) is 24.2. The summed E-state index contributed by atoms with van der Waals surface area (Å²) in [6.45, 7) is 4.48. The van der Waals surface area contributed by atoms with E-state index in [0.717, 1.165) is 34.9 Å². The second kappa shape index (κ2) is 15.7. The first-order valence-electron chi connectivity index (χ1n) is 15.1. The Labute approximate surface area is 241 Å². The maximum atomic E-state index is 15.3. The molecule has 0 amide bonds. The Kier molecular flexibility index (Phi) is 11.5. The van der Waals surface area contributed by atoms with E-state index in [2.05, 4.69) is 73.9 Å². The molecule has 40 heavy (non-hydrogen) atoms. The highest BCUT2D eigenvalue weighted by molar-refractivity contribution is 5.86. The Morgan fingerprint density at radius 1 is 0.500 bits per heavy atom. The van der Waals surface area contributed by atoms with Gasteiger partial charge in [-0.1, -0.05) is 119 Å². The summed E-state index contributed by atoms with van der Waals surface area (Å²) < 4.78 is 15.3. The Morgan fingerprint density at radius 2 is 1.00 bits per heavy atom. The maximum Gasteiger partial charge on any atom is 0.146 e. The first kappa shape index (κ1) is 29.2. The first-order valence-corrected chi connectivity index (χ1v) is 15.1. The summed E-state index contributed by atoms with van der Waals surface area (Å²) in [6, 6.07) is 26.3. The molecule has 0 aliphatic rings. The summed E-state index contributed by atoms with van der Waals surface area (Å²) in [7, 11) is 0. The molecule has 1 heteroatoms. The summed E-state index contributed by atoms with van der Waals surface area (Å²) in [5.41, 5.74) is 5.90. The summed E-state index contributed by atoms with van der Waals surface area (Å²) in [6.07, 6.45) is 13.8. The van der Waals surface area contributed by atoms with Crippen molar-refractivity contribution >= 4 is 10.8 Å². The van der Waals surface area contributed by atoms with Crippen LogP contribution in [0.5, 0.6) is 0 Å². The van der Waals surface area contributed by atoms with Crippen molar-refractivity contribution < 1.29 is 4.39 Å². The van der Waals surface area contributed by atoms with Gasteiger partial charge in [-0.2, -0.15) is 0 Å². The second-order valence-electron chi connectivity index (χ2n) is 10.7. The molecule has 0 N–H and O–H groups in total. The molecule has 0 radical (unpaired) electrons. The summed E-state index contributed by atoms with van der Waals surface area (Å²) >= 11 is 0. The van der Waals surface area contributed by atoms with E-state index in [-0.39, 0.29) is 5.82 Å². The van der Waals surface area contributed by atoms with Crippen LogP contribution in [0.1, 0.15) is 105 Å². The normalized spacial score (nSPS) is 10.6. The zero-order valence-corrected chi connectivity index (χ0v) is 24.2. The van der Waals surface area contributed by atoms with Crippen molar-refractivity contribution in [3.8, 4) is 23.7 Å². The van der Waals surface area contributed by atoms with Gasteiger partial charge in [0.15, 0.2) is 0 Å². The third-order valence-electron chi connectivity index (χ3n) is 7.44. The van der Waals surface area contributed by atoms with Gasteiger partial charge in [0.05, 0.1) is 5.56 Å². The molecule has 0 atom stereocenters. The van der Waals surface area contributed by atoms with Crippen LogP contribution in [-0.2, 0) is 12.8 Å². The Morgan fingerprint density at radius 3 is 1.60 bits per heavy atom. The highest BCUT2D eigenvalue weighted by Crippen LogP contribution is 2.22. The monoisotopic (exact) mass is 528 g/mol. The van der Waals surface area contributed by atoms with Gasteiger partial charge in [0.1, 0.15) is 5.82 Å². The fourth-order valence-corrected chi connectivity index (χ4v) is 4.95. The molecule has 0 unspecified atom stereocenters. The third-order valence-corrected chi connectivity index (χ3v) is 7.44. The highest BCUT2D eigenvalue weighted by atomic mass is 19.1. The Bertz CT molecular complexity index is 1480. The largest absolute Gasteiger partial charge is 0.205 e. The van der Waals surface area contributed by atoms with Gasteiger partial charge >= 0.3 is 0 Å². The highest BCUT2D eigenvalue weighted by Gasteiger charge is 2.06. The predicted octanol–water partition coefficient (Wildman–Crippen LogP) is 10.4. The minimum absolute atomic E-state index is 0.275. The summed E-state index contributed by atoms with van der Waals surface area (Å²) in [5.74, 6) is 12.4. The smallest absolute Gasteiger partial charge is 0.146 e. The van der Waals surface area contributed by atoms with Crippen molar-refractivity contribution in [3.05, 3.63) is 118 Å². The topological polar surface area (TPSA) is 0 Å². The van der Waals surface area contributed by atoms with Crippen LogP contribution in [0.4, 0.5) is 4.39 Å². The van der Waals surface area contributed by atoms with E-state index < -0.39 is 0 Å². The van der Waals surface area contributed by atoms with Gasteiger partial charge in [-0.15, -0.1) is 0 Å². The average molecular weight is 529 g/mol. The molecule has 0 bridgehead atoms. The quantitative estimate of drug-likeness (QED) is 0.134. The van der Waals surface area contributed by atoms with Crippen molar-refractivity contribution in [2.45, 2.75) is 84.5 Å². The van der Waals surface area contributed by atoms with Gasteiger partial charge in [-0.3, -0.25) is 0 Å². The van der Waals surface area contributed by atoms with Crippen LogP contribution < -0.4 is 0 Å². The summed E-state index contributed by atoms with van der Waals surface area (Å²) in [5, 5.41) is 1.41. The molecular formula is C39H41F. The number of fused-ring (bicyclic) bond motifs is 1. The maximum absolute atomic E-state index is 15.3. The molecule has 0 nitrogen and oxygen atoms in total. The van der Waals surface area contributed by atoms with E-state index in [4.69, 9.17) is 0 Å². The zero-order chi connectivity index (χ0) is 28.0. The SMILES string of the molecule is CCCCCCCc1ccc(C#Cc2ccc3cc(C#Cc4ccc(CCCCCC)cc4)ccc3c2F)cc1. The molecule has 0 fully saturated rings. The number of aryl methyl sites for hydroxylation is 2. The minimum Gasteiger partial charge on any atom is -0.205 e. The molecule has 4 rings (SSSR count).